The molecule has 1 aromatic rings. The molecule has 1 saturated heterocycles. The van der Waals surface area contributed by atoms with Crippen molar-refractivity contribution in [1.29, 1.82) is 0 Å². The van der Waals surface area contributed by atoms with Gasteiger partial charge in [0.05, 0.1) is 11.2 Å². The molecular formula is C14H46N4O4. The van der Waals surface area contributed by atoms with E-state index in [4.69, 9.17) is 9.47 Å². The van der Waals surface area contributed by atoms with Gasteiger partial charge in [-0.2, -0.15) is 4.98 Å². The first-order valence-corrected chi connectivity index (χ1v) is 7.16. The second-order valence-electron chi connectivity index (χ2n) is 6.42. The van der Waals surface area contributed by atoms with Crippen LogP contribution in [-0.2, 0) is 9.47 Å². The zero-order valence-corrected chi connectivity index (χ0v) is 13.9. The molecule has 22 heavy (non-hydrogen) atoms. The number of nitrogens with zero attached hydrogens (tertiary/aromatic N) is 3. The Morgan fingerprint density at radius 1 is 1.59 bits per heavy atom. The fraction of sp³-hybridized carbons (Fsp3) is 0.786. The van der Waals surface area contributed by atoms with Crippen LogP contribution in [0.5, 0.6) is 0 Å². The van der Waals surface area contributed by atoms with Crippen molar-refractivity contribution < 1.29 is 30.3 Å². The molecule has 0 saturated carbocycles. The smallest absolute Gasteiger partial charge is 0.354 e. The average Bonchev–Trinajstić information content (AvgIpc) is 2.70. The van der Waals surface area contributed by atoms with Crippen molar-refractivity contribution in [2.45, 2.75) is 57.1 Å². The molecule has 1 fully saturated rings. The van der Waals surface area contributed by atoms with Crippen molar-refractivity contribution in [2.75, 3.05) is 19.5 Å². The lowest BCUT2D eigenvalue weighted by Crippen LogP contribution is -2.61. The van der Waals surface area contributed by atoms with Crippen LogP contribution in [0.15, 0.2) is 11.1 Å². The summed E-state index contributed by atoms with van der Waals surface area (Å²) < 4.78 is 12.8. The standard InChI is InChI=1S/C14H24N4O4.11H2/c1-12(2,21-6)14(4)13(3,20)7-9(22-14)18-8-16-10(15-5)17-11(18)19;;;;;;;;;;;/h8-9,20H,7H2,1-6H3,(H,15,17,19);11*1H/t9-,13+,14-;;;;;;;;;;;/m1.........../s1. The van der Waals surface area contributed by atoms with Crippen LogP contribution in [0.4, 0.5) is 5.95 Å². The van der Waals surface area contributed by atoms with Gasteiger partial charge < -0.3 is 19.9 Å². The molecule has 0 aliphatic carbocycles. The van der Waals surface area contributed by atoms with Gasteiger partial charge >= 0.3 is 5.69 Å². The van der Waals surface area contributed by atoms with Crippen molar-refractivity contribution in [3.8, 4) is 0 Å². The summed E-state index contributed by atoms with van der Waals surface area (Å²) in [7, 11) is 3.20. The second kappa shape index (κ2) is 5.29. The molecule has 8 nitrogen and oxygen atoms in total. The SMILES string of the molecule is CNc1ncn([C@H]2C[C@](C)(O)[C@@](C)(C(C)(C)OC)O2)c(=O)n1.[HH].[HH].[HH].[HH].[HH].[HH].[HH].[HH].[HH].[HH].[HH]. The summed E-state index contributed by atoms with van der Waals surface area (Å²) in [5.74, 6) is 0.242. The third-order valence-electron chi connectivity index (χ3n) is 4.89. The summed E-state index contributed by atoms with van der Waals surface area (Å²) in [6.45, 7) is 7.15. The summed E-state index contributed by atoms with van der Waals surface area (Å²) in [4.78, 5) is 19.9. The van der Waals surface area contributed by atoms with E-state index >= 15 is 0 Å². The first kappa shape index (κ1) is 16.9. The summed E-state index contributed by atoms with van der Waals surface area (Å²) in [5.41, 5.74) is -3.42. The van der Waals surface area contributed by atoms with E-state index in [1.165, 1.54) is 10.9 Å². The molecule has 0 amide bonds. The molecule has 1 aliphatic rings. The number of rotatable bonds is 4. The zero-order chi connectivity index (χ0) is 16.8. The fourth-order valence-corrected chi connectivity index (χ4v) is 2.78. The van der Waals surface area contributed by atoms with Crippen LogP contribution in [0.1, 0.15) is 56.0 Å². The predicted octanol–water partition coefficient (Wildman–Crippen LogP) is 3.24. The number of nitrogens with one attached hydrogen (secondary N) is 1. The molecule has 2 heterocycles. The maximum Gasteiger partial charge on any atom is 0.354 e. The molecule has 1 aliphatic heterocycles. The van der Waals surface area contributed by atoms with E-state index < -0.39 is 28.7 Å². The van der Waals surface area contributed by atoms with Crippen LogP contribution in [0.3, 0.4) is 0 Å². The van der Waals surface area contributed by atoms with E-state index in [1.807, 2.05) is 13.8 Å². The normalized spacial score (nSPS) is 32.2. The van der Waals surface area contributed by atoms with Crippen LogP contribution in [0.2, 0.25) is 0 Å². The lowest BCUT2D eigenvalue weighted by Gasteiger charge is -2.46. The molecule has 0 aromatic carbocycles. The number of methoxy groups -OCH3 is 1. The van der Waals surface area contributed by atoms with Crippen molar-refractivity contribution in [1.82, 2.24) is 14.5 Å². The largest absolute Gasteiger partial charge is 0.387 e. The second-order valence-corrected chi connectivity index (χ2v) is 6.42. The highest BCUT2D eigenvalue weighted by molar-refractivity contribution is 5.19. The Morgan fingerprint density at radius 2 is 2.23 bits per heavy atom. The lowest BCUT2D eigenvalue weighted by molar-refractivity contribution is -0.225. The predicted molar refractivity (Wildman–Crippen MR) is 104 cm³/mol. The molecule has 0 spiro atoms. The molecule has 0 unspecified atom stereocenters. The number of hydrogen-bond donors (Lipinski definition) is 2. The summed E-state index contributed by atoms with van der Waals surface area (Å²) in [5, 5.41) is 13.5. The van der Waals surface area contributed by atoms with E-state index in [0.717, 1.165) is 0 Å². The quantitative estimate of drug-likeness (QED) is 0.872. The highest BCUT2D eigenvalue weighted by atomic mass is 16.6. The molecule has 0 radical (unpaired) electrons. The van der Waals surface area contributed by atoms with E-state index in [9.17, 15) is 9.90 Å². The van der Waals surface area contributed by atoms with E-state index in [2.05, 4.69) is 15.3 Å². The number of aromatic nitrogens is 3. The minimum atomic E-state index is -1.18. The highest BCUT2D eigenvalue weighted by Crippen LogP contribution is 2.50. The Bertz CT molecular complexity index is 643. The van der Waals surface area contributed by atoms with E-state index in [-0.39, 0.29) is 28.1 Å². The van der Waals surface area contributed by atoms with Crippen LogP contribution in [0, 0.1) is 0 Å². The van der Waals surface area contributed by atoms with Gasteiger partial charge in [0.15, 0.2) is 0 Å². The number of hydrogen-bond acceptors (Lipinski definition) is 7. The highest BCUT2D eigenvalue weighted by Gasteiger charge is 2.61. The van der Waals surface area contributed by atoms with Gasteiger partial charge in [-0.15, -0.1) is 0 Å². The minimum absolute atomic E-state index is 0. The van der Waals surface area contributed by atoms with Crippen molar-refractivity contribution >= 4 is 5.95 Å². The fourth-order valence-electron chi connectivity index (χ4n) is 2.78. The van der Waals surface area contributed by atoms with Crippen molar-refractivity contribution in [3.63, 3.8) is 0 Å². The van der Waals surface area contributed by atoms with Gasteiger partial charge in [-0.05, 0) is 27.7 Å². The number of anilines is 1. The first-order valence-electron chi connectivity index (χ1n) is 7.16. The maximum absolute atomic E-state index is 12.1. The van der Waals surface area contributed by atoms with Crippen LogP contribution >= 0.6 is 0 Å². The lowest BCUT2D eigenvalue weighted by atomic mass is 9.74. The number of ether oxygens (including phenoxy) is 2. The molecular weight excluding hydrogens is 288 g/mol. The van der Waals surface area contributed by atoms with Crippen molar-refractivity contribution in [3.05, 3.63) is 16.8 Å². The van der Waals surface area contributed by atoms with Gasteiger partial charge in [-0.25, -0.2) is 9.78 Å². The zero-order valence-electron chi connectivity index (χ0n) is 13.9. The third-order valence-corrected chi connectivity index (χ3v) is 4.89. The summed E-state index contributed by atoms with van der Waals surface area (Å²) >= 11 is 0. The molecule has 2 rings (SSSR count). The molecule has 146 valence electrons. The Morgan fingerprint density at radius 3 is 2.73 bits per heavy atom. The van der Waals surface area contributed by atoms with Gasteiger partial charge in [0, 0.05) is 36.3 Å². The molecule has 1 aromatic heterocycles. The average molecular weight is 335 g/mol. The maximum atomic E-state index is 12.1. The third kappa shape index (κ3) is 2.41. The topological polar surface area (TPSA) is 98.5 Å². The van der Waals surface area contributed by atoms with E-state index in [1.54, 1.807) is 28.0 Å². The van der Waals surface area contributed by atoms with Crippen LogP contribution in [-0.4, -0.2) is 50.6 Å². The molecule has 8 heteroatoms. The Labute approximate surface area is 145 Å². The molecule has 3 atom stereocenters. The molecule has 0 bridgehead atoms. The summed E-state index contributed by atoms with van der Waals surface area (Å²) in [6.07, 6.45) is 0.944. The van der Waals surface area contributed by atoms with Gasteiger partial charge in [0.2, 0.25) is 5.95 Å². The van der Waals surface area contributed by atoms with E-state index in [0.29, 0.717) is 0 Å². The first-order chi connectivity index (χ1) is 10.1. The Balaban J connectivity index is -0.0000000601. The van der Waals surface area contributed by atoms with Crippen LogP contribution in [0.25, 0.3) is 0 Å². The van der Waals surface area contributed by atoms with Gasteiger partial charge in [0.1, 0.15) is 18.2 Å². The Hall–Kier alpha value is -1.51. The monoisotopic (exact) mass is 334 g/mol. The van der Waals surface area contributed by atoms with Gasteiger partial charge in [-0.3, -0.25) is 4.57 Å². The Kier molecular flexibility index (Phi) is 4.05. The number of aliphatic hydroxyl groups is 1. The minimum Gasteiger partial charge on any atom is -0.387 e. The van der Waals surface area contributed by atoms with Crippen molar-refractivity contribution in [2.24, 2.45) is 0 Å². The van der Waals surface area contributed by atoms with Gasteiger partial charge in [0.25, 0.3) is 0 Å². The van der Waals surface area contributed by atoms with Crippen LogP contribution < -0.4 is 11.0 Å². The van der Waals surface area contributed by atoms with Gasteiger partial charge in [-0.1, -0.05) is 0 Å². The molecule has 2 N–H and O–H groups in total. The summed E-state index contributed by atoms with van der Waals surface area (Å²) in [6, 6.07) is 0.